The molecule has 0 fully saturated rings. The van der Waals surface area contributed by atoms with Crippen LogP contribution in [-0.2, 0) is 17.6 Å². The number of rotatable bonds is 2. The lowest BCUT2D eigenvalue weighted by molar-refractivity contribution is -0.133. The summed E-state index contributed by atoms with van der Waals surface area (Å²) in [6, 6.07) is 5.46. The lowest BCUT2D eigenvalue weighted by Gasteiger charge is -2.40. The third-order valence-electron chi connectivity index (χ3n) is 5.86. The molecule has 0 radical (unpaired) electrons. The predicted octanol–water partition coefficient (Wildman–Crippen LogP) is 3.47. The van der Waals surface area contributed by atoms with E-state index in [0.29, 0.717) is 35.3 Å². The summed E-state index contributed by atoms with van der Waals surface area (Å²) in [5, 5.41) is 18.4. The maximum atomic E-state index is 11.2. The Kier molecular flexibility index (Phi) is 3.56. The van der Waals surface area contributed by atoms with Crippen LogP contribution in [0.15, 0.2) is 41.5 Å². The van der Waals surface area contributed by atoms with Crippen molar-refractivity contribution in [3.63, 3.8) is 0 Å². The van der Waals surface area contributed by atoms with Crippen LogP contribution in [0.5, 0.6) is 0 Å². The SMILES string of the molecule is O=C(O)C1=CCC2CC3Cc4ccc(C(=O)O)cc4CC3=CC2C1. The van der Waals surface area contributed by atoms with E-state index in [2.05, 4.69) is 6.08 Å². The Balaban J connectivity index is 1.62. The van der Waals surface area contributed by atoms with Gasteiger partial charge in [-0.1, -0.05) is 23.8 Å². The summed E-state index contributed by atoms with van der Waals surface area (Å²) in [4.78, 5) is 22.4. The van der Waals surface area contributed by atoms with Crippen molar-refractivity contribution in [1.82, 2.24) is 0 Å². The first-order valence-corrected chi connectivity index (χ1v) is 8.49. The molecule has 1 aromatic carbocycles. The van der Waals surface area contributed by atoms with Crippen LogP contribution in [0.3, 0.4) is 0 Å². The predicted molar refractivity (Wildman–Crippen MR) is 88.9 cm³/mol. The Bertz CT molecular complexity index is 787. The van der Waals surface area contributed by atoms with Gasteiger partial charge in [-0.2, -0.15) is 0 Å². The van der Waals surface area contributed by atoms with E-state index < -0.39 is 11.9 Å². The smallest absolute Gasteiger partial charge is 0.335 e. The largest absolute Gasteiger partial charge is 0.478 e. The average molecular weight is 324 g/mol. The first-order valence-electron chi connectivity index (χ1n) is 8.49. The molecule has 3 unspecified atom stereocenters. The van der Waals surface area contributed by atoms with Crippen LogP contribution in [0.1, 0.15) is 40.7 Å². The van der Waals surface area contributed by atoms with Crippen molar-refractivity contribution >= 4 is 11.9 Å². The number of hydrogen-bond donors (Lipinski definition) is 2. The van der Waals surface area contributed by atoms with Crippen molar-refractivity contribution in [3.05, 3.63) is 58.2 Å². The van der Waals surface area contributed by atoms with Crippen LogP contribution in [0.25, 0.3) is 0 Å². The summed E-state index contributed by atoms with van der Waals surface area (Å²) in [5.74, 6) is -0.303. The van der Waals surface area contributed by atoms with Crippen LogP contribution < -0.4 is 0 Å². The third-order valence-corrected chi connectivity index (χ3v) is 5.86. The molecule has 3 aliphatic rings. The van der Waals surface area contributed by atoms with Crippen molar-refractivity contribution in [2.45, 2.75) is 32.1 Å². The van der Waals surface area contributed by atoms with Crippen molar-refractivity contribution in [3.8, 4) is 0 Å². The van der Waals surface area contributed by atoms with Crippen LogP contribution >= 0.6 is 0 Å². The van der Waals surface area contributed by atoms with E-state index in [1.807, 2.05) is 12.1 Å². The molecule has 24 heavy (non-hydrogen) atoms. The zero-order valence-corrected chi connectivity index (χ0v) is 13.4. The summed E-state index contributed by atoms with van der Waals surface area (Å²) < 4.78 is 0. The van der Waals surface area contributed by atoms with E-state index in [0.717, 1.165) is 31.2 Å². The molecule has 0 saturated carbocycles. The Hall–Kier alpha value is -2.36. The number of carboxylic acids is 2. The van der Waals surface area contributed by atoms with Gasteiger partial charge in [-0.25, -0.2) is 9.59 Å². The van der Waals surface area contributed by atoms with Gasteiger partial charge in [0.2, 0.25) is 0 Å². The molecular formula is C20H20O4. The van der Waals surface area contributed by atoms with Gasteiger partial charge in [0.15, 0.2) is 0 Å². The van der Waals surface area contributed by atoms with Gasteiger partial charge in [-0.15, -0.1) is 0 Å². The van der Waals surface area contributed by atoms with Crippen molar-refractivity contribution < 1.29 is 19.8 Å². The molecule has 0 bridgehead atoms. The number of aromatic carboxylic acids is 1. The third kappa shape index (κ3) is 2.56. The summed E-state index contributed by atoms with van der Waals surface area (Å²) in [5.41, 5.74) is 4.63. The molecular weight excluding hydrogens is 304 g/mol. The molecule has 0 spiro atoms. The maximum Gasteiger partial charge on any atom is 0.335 e. The molecule has 4 nitrogen and oxygen atoms in total. The Labute approximate surface area is 140 Å². The first kappa shape index (κ1) is 15.2. The highest BCUT2D eigenvalue weighted by Crippen LogP contribution is 2.45. The van der Waals surface area contributed by atoms with Gasteiger partial charge in [0.1, 0.15) is 0 Å². The van der Waals surface area contributed by atoms with Gasteiger partial charge >= 0.3 is 11.9 Å². The molecule has 0 heterocycles. The lowest BCUT2D eigenvalue weighted by Crippen LogP contribution is -2.31. The van der Waals surface area contributed by atoms with Gasteiger partial charge in [0.05, 0.1) is 5.56 Å². The highest BCUT2D eigenvalue weighted by atomic mass is 16.4. The second-order valence-corrected chi connectivity index (χ2v) is 7.24. The number of allylic oxidation sites excluding steroid dienone is 3. The fourth-order valence-electron chi connectivity index (χ4n) is 4.57. The molecule has 2 N–H and O–H groups in total. The van der Waals surface area contributed by atoms with E-state index in [9.17, 15) is 19.8 Å². The van der Waals surface area contributed by atoms with Crippen LogP contribution in [0.4, 0.5) is 0 Å². The molecule has 0 saturated heterocycles. The second kappa shape index (κ2) is 5.62. The van der Waals surface area contributed by atoms with Gasteiger partial charge in [-0.05, 0) is 73.1 Å². The van der Waals surface area contributed by atoms with E-state index in [4.69, 9.17) is 0 Å². The monoisotopic (exact) mass is 324 g/mol. The standard InChI is InChI=1S/C20H20O4/c21-19(22)13-3-1-11-5-17-6-12-2-4-14(20(23)24)8-16(12)10-18(17)9-15(11)7-13/h1,3-4,7,10,12,16-17H,2,5-6,8-9H2,(H,21,22)(H,23,24). The first-order chi connectivity index (χ1) is 11.5. The second-order valence-electron chi connectivity index (χ2n) is 7.24. The zero-order valence-electron chi connectivity index (χ0n) is 13.4. The fourth-order valence-corrected chi connectivity index (χ4v) is 4.57. The Morgan fingerprint density at radius 1 is 1.04 bits per heavy atom. The van der Waals surface area contributed by atoms with Gasteiger partial charge in [0, 0.05) is 5.57 Å². The molecule has 1 aromatic rings. The van der Waals surface area contributed by atoms with Crippen molar-refractivity contribution in [1.29, 1.82) is 0 Å². The van der Waals surface area contributed by atoms with E-state index >= 15 is 0 Å². The minimum absolute atomic E-state index is 0.316. The van der Waals surface area contributed by atoms with Crippen molar-refractivity contribution in [2.75, 3.05) is 0 Å². The summed E-state index contributed by atoms with van der Waals surface area (Å²) in [6.45, 7) is 0. The topological polar surface area (TPSA) is 74.6 Å². The normalized spacial score (nSPS) is 27.9. The van der Waals surface area contributed by atoms with Gasteiger partial charge in [0.25, 0.3) is 0 Å². The summed E-state index contributed by atoms with van der Waals surface area (Å²) in [7, 11) is 0. The minimum atomic E-state index is -0.888. The quantitative estimate of drug-likeness (QED) is 0.817. The highest BCUT2D eigenvalue weighted by molar-refractivity contribution is 5.88. The summed E-state index contributed by atoms with van der Waals surface area (Å²) in [6.07, 6.45) is 8.56. The molecule has 4 heteroatoms. The molecule has 3 atom stereocenters. The average Bonchev–Trinajstić information content (AvgIpc) is 2.56. The van der Waals surface area contributed by atoms with Crippen LogP contribution in [-0.4, -0.2) is 22.2 Å². The number of fused-ring (bicyclic) bond motifs is 3. The highest BCUT2D eigenvalue weighted by Gasteiger charge is 2.36. The van der Waals surface area contributed by atoms with E-state index in [-0.39, 0.29) is 0 Å². The number of hydrogen-bond acceptors (Lipinski definition) is 2. The fraction of sp³-hybridized carbons (Fsp3) is 0.400. The lowest BCUT2D eigenvalue weighted by atomic mass is 9.65. The minimum Gasteiger partial charge on any atom is -0.478 e. The Morgan fingerprint density at radius 3 is 2.62 bits per heavy atom. The van der Waals surface area contributed by atoms with Crippen LogP contribution in [0, 0.1) is 17.8 Å². The van der Waals surface area contributed by atoms with E-state index in [1.165, 1.54) is 11.1 Å². The number of benzene rings is 1. The zero-order chi connectivity index (χ0) is 16.8. The molecule has 124 valence electrons. The molecule has 0 aliphatic heterocycles. The number of carbonyl (C=O) groups is 2. The maximum absolute atomic E-state index is 11.2. The van der Waals surface area contributed by atoms with Crippen LogP contribution in [0.2, 0.25) is 0 Å². The molecule has 3 aliphatic carbocycles. The van der Waals surface area contributed by atoms with E-state index in [1.54, 1.807) is 12.1 Å². The number of aliphatic carboxylic acids is 1. The summed E-state index contributed by atoms with van der Waals surface area (Å²) >= 11 is 0. The molecule has 0 aromatic heterocycles. The Morgan fingerprint density at radius 2 is 1.88 bits per heavy atom. The molecule has 4 rings (SSSR count). The van der Waals surface area contributed by atoms with Gasteiger partial charge in [-0.3, -0.25) is 0 Å². The van der Waals surface area contributed by atoms with Crippen molar-refractivity contribution in [2.24, 2.45) is 17.8 Å². The van der Waals surface area contributed by atoms with Gasteiger partial charge < -0.3 is 10.2 Å². The number of carboxylic acid groups (broad SMARTS) is 2. The molecule has 0 amide bonds.